The Morgan fingerprint density at radius 3 is 2.60 bits per heavy atom. The summed E-state index contributed by atoms with van der Waals surface area (Å²) in [7, 11) is 0. The van der Waals surface area contributed by atoms with Crippen molar-refractivity contribution in [3.8, 4) is 10.4 Å². The zero-order chi connectivity index (χ0) is 18.0. The largest absolute Gasteiger partial charge is 0.353 e. The van der Waals surface area contributed by atoms with Gasteiger partial charge in [-0.25, -0.2) is 0 Å². The summed E-state index contributed by atoms with van der Waals surface area (Å²) in [5, 5.41) is 3.63. The van der Waals surface area contributed by atoms with E-state index < -0.39 is 0 Å². The minimum absolute atomic E-state index is 0.00942. The Morgan fingerprint density at radius 1 is 1.24 bits per heavy atom. The summed E-state index contributed by atoms with van der Waals surface area (Å²) in [6.45, 7) is 4.90. The van der Waals surface area contributed by atoms with Crippen LogP contribution in [0.2, 0.25) is 5.02 Å². The molecule has 0 atom stereocenters. The molecule has 6 heteroatoms. The highest BCUT2D eigenvalue weighted by atomic mass is 35.5. The van der Waals surface area contributed by atoms with E-state index in [1.54, 1.807) is 0 Å². The summed E-state index contributed by atoms with van der Waals surface area (Å²) >= 11 is 7.60. The maximum Gasteiger partial charge on any atom is 0.263 e. The molecule has 1 aliphatic rings. The van der Waals surface area contributed by atoms with Crippen molar-refractivity contribution in [2.24, 2.45) is 0 Å². The van der Waals surface area contributed by atoms with Crippen molar-refractivity contribution in [3.05, 3.63) is 45.8 Å². The Balaban J connectivity index is 1.72. The van der Waals surface area contributed by atoms with Crippen LogP contribution in [0.15, 0.2) is 30.3 Å². The summed E-state index contributed by atoms with van der Waals surface area (Å²) in [5.74, 6) is 0.0625. The van der Waals surface area contributed by atoms with Crippen LogP contribution >= 0.6 is 22.9 Å². The molecule has 1 aromatic carbocycles. The molecule has 0 aliphatic carbocycles. The fourth-order valence-corrected chi connectivity index (χ4v) is 4.50. The first-order chi connectivity index (χ1) is 11.9. The molecular formula is C19H21ClN2O2S. The molecule has 0 saturated carbocycles. The molecule has 3 rings (SSSR count). The molecule has 1 N–H and O–H groups in total. The first kappa shape index (κ1) is 18.0. The lowest BCUT2D eigenvalue weighted by atomic mass is 10.0. The second-order valence-electron chi connectivity index (χ2n) is 6.40. The van der Waals surface area contributed by atoms with Crippen LogP contribution in [-0.4, -0.2) is 35.8 Å². The Morgan fingerprint density at radius 2 is 1.96 bits per heavy atom. The number of likely N-dealkylation sites (tertiary alicyclic amines) is 1. The number of rotatable bonds is 3. The molecule has 25 heavy (non-hydrogen) atoms. The summed E-state index contributed by atoms with van der Waals surface area (Å²) < 4.78 is 0. The maximum atomic E-state index is 12.8. The third kappa shape index (κ3) is 4.22. The van der Waals surface area contributed by atoms with Crippen LogP contribution in [0.25, 0.3) is 10.4 Å². The van der Waals surface area contributed by atoms with E-state index in [9.17, 15) is 9.59 Å². The normalized spacial score (nSPS) is 15.2. The van der Waals surface area contributed by atoms with E-state index in [1.165, 1.54) is 18.3 Å². The molecule has 132 valence electrons. The van der Waals surface area contributed by atoms with Gasteiger partial charge in [0.25, 0.3) is 5.91 Å². The molecule has 2 amide bonds. The number of hydrogen-bond acceptors (Lipinski definition) is 3. The second kappa shape index (κ2) is 7.58. The van der Waals surface area contributed by atoms with Crippen LogP contribution in [0.4, 0.5) is 0 Å². The Labute approximate surface area is 156 Å². The molecule has 4 nitrogen and oxygen atoms in total. The van der Waals surface area contributed by atoms with E-state index in [1.807, 2.05) is 42.2 Å². The number of carbonyl (C=O) groups is 2. The molecule has 1 fully saturated rings. The third-order valence-corrected chi connectivity index (χ3v) is 5.91. The lowest BCUT2D eigenvalue weighted by Gasteiger charge is -2.31. The molecule has 0 radical (unpaired) electrons. The molecular weight excluding hydrogens is 356 g/mol. The zero-order valence-electron chi connectivity index (χ0n) is 14.3. The van der Waals surface area contributed by atoms with E-state index in [4.69, 9.17) is 11.6 Å². The van der Waals surface area contributed by atoms with Crippen molar-refractivity contribution in [1.29, 1.82) is 0 Å². The van der Waals surface area contributed by atoms with Crippen molar-refractivity contribution in [2.45, 2.75) is 32.7 Å². The summed E-state index contributed by atoms with van der Waals surface area (Å²) in [6, 6.07) is 9.84. The molecule has 2 aromatic rings. The predicted octanol–water partition coefficient (Wildman–Crippen LogP) is 4.12. The van der Waals surface area contributed by atoms with Crippen molar-refractivity contribution in [3.63, 3.8) is 0 Å². The maximum absolute atomic E-state index is 12.8. The minimum Gasteiger partial charge on any atom is -0.353 e. The van der Waals surface area contributed by atoms with Gasteiger partial charge in [0, 0.05) is 36.0 Å². The second-order valence-corrected chi connectivity index (χ2v) is 7.89. The summed E-state index contributed by atoms with van der Waals surface area (Å²) in [5.41, 5.74) is 2.13. The van der Waals surface area contributed by atoms with E-state index in [0.717, 1.165) is 33.7 Å². The molecule has 0 bridgehead atoms. The standard InChI is InChI=1S/C19H21ClN2O2S/c1-12-10-17(25-18(12)14-4-3-5-15(20)11-14)19(24)22-8-6-16(7-9-22)21-13(2)23/h3-5,10-11,16H,6-9H2,1-2H3,(H,21,23). The molecule has 1 saturated heterocycles. The number of thiophene rings is 1. The van der Waals surface area contributed by atoms with Crippen LogP contribution < -0.4 is 5.32 Å². The van der Waals surface area contributed by atoms with Gasteiger partial charge in [-0.2, -0.15) is 0 Å². The Bertz CT molecular complexity index is 794. The third-order valence-electron chi connectivity index (χ3n) is 4.40. The number of halogens is 1. The number of hydrogen-bond donors (Lipinski definition) is 1. The average molecular weight is 377 g/mol. The highest BCUT2D eigenvalue weighted by Gasteiger charge is 2.25. The van der Waals surface area contributed by atoms with E-state index >= 15 is 0 Å². The van der Waals surface area contributed by atoms with Gasteiger partial charge in [0.1, 0.15) is 0 Å². The number of amides is 2. The number of piperidine rings is 1. The topological polar surface area (TPSA) is 49.4 Å². The highest BCUT2D eigenvalue weighted by Crippen LogP contribution is 2.34. The first-order valence-corrected chi connectivity index (χ1v) is 9.56. The van der Waals surface area contributed by atoms with E-state index in [-0.39, 0.29) is 17.9 Å². The van der Waals surface area contributed by atoms with Gasteiger partial charge in [0.05, 0.1) is 4.88 Å². The van der Waals surface area contributed by atoms with Crippen LogP contribution in [0, 0.1) is 6.92 Å². The molecule has 0 spiro atoms. The van der Waals surface area contributed by atoms with Crippen LogP contribution in [0.5, 0.6) is 0 Å². The van der Waals surface area contributed by atoms with Gasteiger partial charge in [-0.3, -0.25) is 9.59 Å². The lowest BCUT2D eigenvalue weighted by Crippen LogP contribution is -2.45. The number of nitrogens with zero attached hydrogens (tertiary/aromatic N) is 1. The Kier molecular flexibility index (Phi) is 5.45. The molecule has 1 aliphatic heterocycles. The number of benzene rings is 1. The van der Waals surface area contributed by atoms with Gasteiger partial charge in [-0.05, 0) is 49.1 Å². The van der Waals surface area contributed by atoms with Crippen LogP contribution in [0.3, 0.4) is 0 Å². The number of carbonyl (C=O) groups excluding carboxylic acids is 2. The SMILES string of the molecule is CC(=O)NC1CCN(C(=O)c2cc(C)c(-c3cccc(Cl)c3)s2)CC1. The summed E-state index contributed by atoms with van der Waals surface area (Å²) in [4.78, 5) is 27.7. The number of nitrogens with one attached hydrogen (secondary N) is 1. The first-order valence-electron chi connectivity index (χ1n) is 8.37. The predicted molar refractivity (Wildman–Crippen MR) is 102 cm³/mol. The van der Waals surface area contributed by atoms with Crippen LogP contribution in [0.1, 0.15) is 35.0 Å². The molecule has 2 heterocycles. The van der Waals surface area contributed by atoms with E-state index in [2.05, 4.69) is 5.32 Å². The fraction of sp³-hybridized carbons (Fsp3) is 0.368. The van der Waals surface area contributed by atoms with Gasteiger partial charge in [-0.1, -0.05) is 23.7 Å². The molecule has 0 unspecified atom stereocenters. The van der Waals surface area contributed by atoms with Crippen molar-refractivity contribution in [2.75, 3.05) is 13.1 Å². The highest BCUT2D eigenvalue weighted by molar-refractivity contribution is 7.17. The fourth-order valence-electron chi connectivity index (χ4n) is 3.17. The van der Waals surface area contributed by atoms with Gasteiger partial charge < -0.3 is 10.2 Å². The lowest BCUT2D eigenvalue weighted by molar-refractivity contribution is -0.119. The minimum atomic E-state index is -0.00942. The monoisotopic (exact) mass is 376 g/mol. The average Bonchev–Trinajstić information content (AvgIpc) is 2.96. The van der Waals surface area contributed by atoms with Crippen LogP contribution in [-0.2, 0) is 4.79 Å². The summed E-state index contributed by atoms with van der Waals surface area (Å²) in [6.07, 6.45) is 1.60. The number of aryl methyl sites for hydroxylation is 1. The van der Waals surface area contributed by atoms with Gasteiger partial charge in [0.15, 0.2) is 0 Å². The quantitative estimate of drug-likeness (QED) is 0.876. The van der Waals surface area contributed by atoms with E-state index in [0.29, 0.717) is 18.1 Å². The van der Waals surface area contributed by atoms with Gasteiger partial charge in [0.2, 0.25) is 5.91 Å². The Hall–Kier alpha value is -1.85. The van der Waals surface area contributed by atoms with Crippen molar-refractivity contribution >= 4 is 34.8 Å². The molecule has 1 aromatic heterocycles. The van der Waals surface area contributed by atoms with Gasteiger partial charge >= 0.3 is 0 Å². The van der Waals surface area contributed by atoms with Crippen molar-refractivity contribution < 1.29 is 9.59 Å². The van der Waals surface area contributed by atoms with Crippen molar-refractivity contribution in [1.82, 2.24) is 10.2 Å². The zero-order valence-corrected chi connectivity index (χ0v) is 15.9. The van der Waals surface area contributed by atoms with Gasteiger partial charge in [-0.15, -0.1) is 11.3 Å². The smallest absolute Gasteiger partial charge is 0.263 e.